The second-order valence-corrected chi connectivity index (χ2v) is 8.16. The molecule has 0 bridgehead atoms. The molecule has 1 aromatic heterocycles. The fraction of sp³-hybridized carbons (Fsp3) is 0.824. The van der Waals surface area contributed by atoms with Crippen molar-refractivity contribution in [3.63, 3.8) is 0 Å². The Bertz CT molecular complexity index is 459. The van der Waals surface area contributed by atoms with Crippen molar-refractivity contribution >= 4 is 16.5 Å². The molecular weight excluding hydrogens is 278 g/mol. The first-order valence-corrected chi connectivity index (χ1v) is 9.41. The van der Waals surface area contributed by atoms with Crippen LogP contribution < -0.4 is 10.2 Å². The van der Waals surface area contributed by atoms with E-state index in [1.807, 2.05) is 18.4 Å². The van der Waals surface area contributed by atoms with E-state index in [1.54, 1.807) is 0 Å². The fourth-order valence-corrected chi connectivity index (χ4v) is 4.67. The topological polar surface area (TPSA) is 28.2 Å². The Kier molecular flexibility index (Phi) is 4.85. The Labute approximate surface area is 133 Å². The van der Waals surface area contributed by atoms with Gasteiger partial charge in [-0.3, -0.25) is 0 Å². The van der Waals surface area contributed by atoms with Gasteiger partial charge in [0.1, 0.15) is 0 Å². The van der Waals surface area contributed by atoms with Crippen molar-refractivity contribution in [1.82, 2.24) is 10.3 Å². The average Bonchev–Trinajstić information content (AvgIpc) is 3.00. The quantitative estimate of drug-likeness (QED) is 0.820. The molecule has 3 rings (SSSR count). The molecule has 0 aliphatic heterocycles. The summed E-state index contributed by atoms with van der Waals surface area (Å²) >= 11 is 1.94. The first-order valence-electron chi connectivity index (χ1n) is 8.60. The molecule has 0 amide bonds. The number of nitrogens with one attached hydrogen (secondary N) is 1. The van der Waals surface area contributed by atoms with Gasteiger partial charge in [0.05, 0.1) is 5.69 Å². The van der Waals surface area contributed by atoms with Crippen LogP contribution in [0.1, 0.15) is 68.9 Å². The summed E-state index contributed by atoms with van der Waals surface area (Å²) < 4.78 is 0. The van der Waals surface area contributed by atoms with Gasteiger partial charge in [0.15, 0.2) is 5.13 Å². The minimum absolute atomic E-state index is 0.701. The summed E-state index contributed by atoms with van der Waals surface area (Å²) in [5, 5.41) is 4.62. The van der Waals surface area contributed by atoms with Gasteiger partial charge in [-0.1, -0.05) is 26.7 Å². The summed E-state index contributed by atoms with van der Waals surface area (Å²) in [5.41, 5.74) is 1.40. The van der Waals surface area contributed by atoms with E-state index in [2.05, 4.69) is 24.1 Å². The van der Waals surface area contributed by atoms with E-state index < -0.39 is 0 Å². The third kappa shape index (κ3) is 3.59. The van der Waals surface area contributed by atoms with Gasteiger partial charge in [0, 0.05) is 29.9 Å². The number of hydrogen-bond donors (Lipinski definition) is 1. The maximum Gasteiger partial charge on any atom is 0.186 e. The first kappa shape index (κ1) is 15.3. The van der Waals surface area contributed by atoms with Crippen molar-refractivity contribution in [2.45, 2.75) is 70.9 Å². The van der Waals surface area contributed by atoms with Crippen molar-refractivity contribution in [3.05, 3.63) is 10.6 Å². The highest BCUT2D eigenvalue weighted by atomic mass is 32.1. The largest absolute Gasteiger partial charge is 0.345 e. The summed E-state index contributed by atoms with van der Waals surface area (Å²) in [5.74, 6) is 1.45. The van der Waals surface area contributed by atoms with Crippen LogP contribution in [0.3, 0.4) is 0 Å². The highest BCUT2D eigenvalue weighted by Crippen LogP contribution is 2.45. The Hall–Kier alpha value is -0.610. The van der Waals surface area contributed by atoms with E-state index in [9.17, 15) is 0 Å². The van der Waals surface area contributed by atoms with Crippen LogP contribution in [-0.4, -0.2) is 24.6 Å². The predicted octanol–water partition coefficient (Wildman–Crippen LogP) is 4.14. The molecule has 1 aromatic rings. The van der Waals surface area contributed by atoms with E-state index >= 15 is 0 Å². The lowest BCUT2D eigenvalue weighted by atomic mass is 10.1. The van der Waals surface area contributed by atoms with E-state index in [1.165, 1.54) is 54.2 Å². The van der Waals surface area contributed by atoms with Gasteiger partial charge in [0.25, 0.3) is 0 Å². The maximum absolute atomic E-state index is 5.09. The summed E-state index contributed by atoms with van der Waals surface area (Å²) in [7, 11) is 2.04. The lowest BCUT2D eigenvalue weighted by molar-refractivity contribution is 0.534. The lowest BCUT2D eigenvalue weighted by Gasteiger charge is -2.30. The Morgan fingerprint density at radius 3 is 2.52 bits per heavy atom. The van der Waals surface area contributed by atoms with Gasteiger partial charge in [-0.25, -0.2) is 4.98 Å². The van der Waals surface area contributed by atoms with E-state index in [4.69, 9.17) is 4.98 Å². The molecule has 0 saturated heterocycles. The number of thiazole rings is 1. The second-order valence-electron chi connectivity index (χ2n) is 7.09. The van der Waals surface area contributed by atoms with E-state index in [-0.39, 0.29) is 0 Å². The van der Waals surface area contributed by atoms with E-state index in [0.29, 0.717) is 5.92 Å². The highest BCUT2D eigenvalue weighted by molar-refractivity contribution is 7.15. The van der Waals surface area contributed by atoms with Crippen LogP contribution in [0, 0.1) is 5.92 Å². The maximum atomic E-state index is 5.09. The predicted molar refractivity (Wildman–Crippen MR) is 91.3 cm³/mol. The Morgan fingerprint density at radius 2 is 1.95 bits per heavy atom. The summed E-state index contributed by atoms with van der Waals surface area (Å²) in [6, 6.07) is 0.730. The van der Waals surface area contributed by atoms with Gasteiger partial charge < -0.3 is 10.2 Å². The Balaban J connectivity index is 1.84. The minimum atomic E-state index is 0.701. The third-order valence-corrected chi connectivity index (χ3v) is 5.70. The third-order valence-electron chi connectivity index (χ3n) is 4.59. The van der Waals surface area contributed by atoms with Gasteiger partial charge in [-0.15, -0.1) is 11.3 Å². The zero-order valence-corrected chi connectivity index (χ0v) is 14.5. The smallest absolute Gasteiger partial charge is 0.186 e. The molecule has 21 heavy (non-hydrogen) atoms. The summed E-state index contributed by atoms with van der Waals surface area (Å²) in [6.45, 7) is 6.78. The normalized spacial score (nSPS) is 19.6. The van der Waals surface area contributed by atoms with Crippen molar-refractivity contribution in [2.75, 3.05) is 18.5 Å². The summed E-state index contributed by atoms with van der Waals surface area (Å²) in [6.07, 6.45) is 8.17. The van der Waals surface area contributed by atoms with Crippen LogP contribution in [-0.2, 0) is 6.54 Å². The van der Waals surface area contributed by atoms with Crippen molar-refractivity contribution in [2.24, 2.45) is 5.92 Å². The SMILES string of the molecule is CNCc1sc(N(CC(C)C)C2CCCC2)nc1C1CC1. The molecule has 1 N–H and O–H groups in total. The fourth-order valence-electron chi connectivity index (χ4n) is 3.43. The molecular formula is C17H29N3S. The van der Waals surface area contributed by atoms with Crippen LogP contribution >= 0.6 is 11.3 Å². The molecule has 2 fully saturated rings. The Morgan fingerprint density at radius 1 is 1.24 bits per heavy atom. The van der Waals surface area contributed by atoms with Crippen molar-refractivity contribution in [3.8, 4) is 0 Å². The van der Waals surface area contributed by atoms with Gasteiger partial charge >= 0.3 is 0 Å². The number of aromatic nitrogens is 1. The minimum Gasteiger partial charge on any atom is -0.345 e. The van der Waals surface area contributed by atoms with Gasteiger partial charge in [0.2, 0.25) is 0 Å². The molecule has 0 radical (unpaired) electrons. The van der Waals surface area contributed by atoms with Gasteiger partial charge in [-0.05, 0) is 38.6 Å². The van der Waals surface area contributed by atoms with Crippen LogP contribution in [0.2, 0.25) is 0 Å². The molecule has 2 aliphatic rings. The first-order chi connectivity index (χ1) is 10.2. The lowest BCUT2D eigenvalue weighted by Crippen LogP contribution is -2.36. The second kappa shape index (κ2) is 6.66. The van der Waals surface area contributed by atoms with Crippen molar-refractivity contribution in [1.29, 1.82) is 0 Å². The molecule has 1 heterocycles. The molecule has 2 aliphatic carbocycles. The number of anilines is 1. The number of rotatable bonds is 7. The molecule has 0 aromatic carbocycles. The molecule has 0 spiro atoms. The monoisotopic (exact) mass is 307 g/mol. The molecule has 4 heteroatoms. The van der Waals surface area contributed by atoms with Crippen LogP contribution in [0.15, 0.2) is 0 Å². The standard InChI is InChI=1S/C17H29N3S/c1-12(2)11-20(14-6-4-5-7-14)17-19-16(13-8-9-13)15(21-17)10-18-3/h12-14,18H,4-11H2,1-3H3. The number of nitrogens with zero attached hydrogens (tertiary/aromatic N) is 2. The van der Waals surface area contributed by atoms with Crippen LogP contribution in [0.4, 0.5) is 5.13 Å². The van der Waals surface area contributed by atoms with Gasteiger partial charge in [-0.2, -0.15) is 0 Å². The highest BCUT2D eigenvalue weighted by Gasteiger charge is 2.32. The molecule has 118 valence electrons. The molecule has 0 unspecified atom stereocenters. The van der Waals surface area contributed by atoms with Crippen molar-refractivity contribution < 1.29 is 0 Å². The van der Waals surface area contributed by atoms with Crippen LogP contribution in [0.5, 0.6) is 0 Å². The zero-order valence-electron chi connectivity index (χ0n) is 13.7. The molecule has 2 saturated carbocycles. The van der Waals surface area contributed by atoms with E-state index in [0.717, 1.165) is 25.0 Å². The average molecular weight is 308 g/mol. The number of hydrogen-bond acceptors (Lipinski definition) is 4. The van der Waals surface area contributed by atoms with Crippen LogP contribution in [0.25, 0.3) is 0 Å². The zero-order chi connectivity index (χ0) is 14.8. The molecule has 3 nitrogen and oxygen atoms in total. The molecule has 0 atom stereocenters. The summed E-state index contributed by atoms with van der Waals surface area (Å²) in [4.78, 5) is 9.20.